The summed E-state index contributed by atoms with van der Waals surface area (Å²) >= 11 is 0. The molecule has 0 saturated heterocycles. The van der Waals surface area contributed by atoms with Crippen LogP contribution in [-0.2, 0) is 16.1 Å². The van der Waals surface area contributed by atoms with E-state index in [2.05, 4.69) is 41.2 Å². The predicted molar refractivity (Wildman–Crippen MR) is 134 cm³/mol. The van der Waals surface area contributed by atoms with E-state index in [-0.39, 0.29) is 53.3 Å². The zero-order valence-corrected chi connectivity index (χ0v) is 21.1. The van der Waals surface area contributed by atoms with E-state index in [9.17, 15) is 18.8 Å². The second-order valence-electron chi connectivity index (χ2n) is 9.33. The molecule has 1 aromatic carbocycles. The molecule has 2 aliphatic carbocycles. The average molecular weight is 533 g/mol. The van der Waals surface area contributed by atoms with Crippen LogP contribution in [0.1, 0.15) is 44.9 Å². The number of benzene rings is 1. The van der Waals surface area contributed by atoms with E-state index in [1.54, 1.807) is 25.1 Å². The number of carbonyl (C=O) groups is 3. The fraction of sp³-hybridized carbons (Fsp3) is 0.308. The summed E-state index contributed by atoms with van der Waals surface area (Å²) < 4.78 is 18.4. The third-order valence-corrected chi connectivity index (χ3v) is 6.81. The number of fused-ring (bicyclic) bond motifs is 1. The summed E-state index contributed by atoms with van der Waals surface area (Å²) in [5, 5.41) is 19.2. The van der Waals surface area contributed by atoms with Gasteiger partial charge in [-0.3, -0.25) is 9.59 Å². The molecule has 39 heavy (non-hydrogen) atoms. The van der Waals surface area contributed by atoms with Gasteiger partial charge in [0.15, 0.2) is 0 Å². The molecule has 0 spiro atoms. The Balaban J connectivity index is 1.34. The van der Waals surface area contributed by atoms with Crippen molar-refractivity contribution >= 4 is 17.8 Å². The highest BCUT2D eigenvalue weighted by Gasteiger charge is 2.37. The lowest BCUT2D eigenvalue weighted by Crippen LogP contribution is -2.39. The van der Waals surface area contributed by atoms with Crippen molar-refractivity contribution in [2.45, 2.75) is 32.4 Å². The molecule has 3 aromatic rings. The number of hydrogen-bond acceptors (Lipinski definition) is 9. The van der Waals surface area contributed by atoms with E-state index < -0.39 is 17.8 Å². The van der Waals surface area contributed by atoms with Crippen molar-refractivity contribution in [3.8, 4) is 11.6 Å². The largest absolute Gasteiger partial charge is 0.465 e. The summed E-state index contributed by atoms with van der Waals surface area (Å²) in [6.07, 6.45) is 6.99. The summed E-state index contributed by atoms with van der Waals surface area (Å²) in [6, 6.07) is 5.64. The summed E-state index contributed by atoms with van der Waals surface area (Å²) in [4.78, 5) is 46.6. The molecular weight excluding hydrogens is 507 g/mol. The quantitative estimate of drug-likeness (QED) is 0.385. The maximum atomic E-state index is 13.6. The van der Waals surface area contributed by atoms with Gasteiger partial charge in [0.05, 0.1) is 12.7 Å². The molecule has 0 aliphatic heterocycles. The summed E-state index contributed by atoms with van der Waals surface area (Å²) in [7, 11) is 1.34. The minimum absolute atomic E-state index is 0.00260. The van der Waals surface area contributed by atoms with Crippen LogP contribution in [0.25, 0.3) is 11.6 Å². The first-order valence-corrected chi connectivity index (χ1v) is 12.3. The molecule has 2 unspecified atom stereocenters. The van der Waals surface area contributed by atoms with E-state index in [0.717, 1.165) is 6.42 Å². The number of aryl methyl sites for hydroxylation is 1. The van der Waals surface area contributed by atoms with Gasteiger partial charge in [-0.25, -0.2) is 19.2 Å². The number of carbonyl (C=O) groups excluding carboxylic acids is 3. The molecular formula is C26H25FN8O4. The van der Waals surface area contributed by atoms with Crippen molar-refractivity contribution in [2.75, 3.05) is 7.11 Å². The number of aromatic nitrogens is 6. The Morgan fingerprint density at radius 3 is 2.62 bits per heavy atom. The van der Waals surface area contributed by atoms with Crippen LogP contribution in [0.3, 0.4) is 0 Å². The van der Waals surface area contributed by atoms with Gasteiger partial charge < -0.3 is 15.4 Å². The van der Waals surface area contributed by atoms with Crippen LogP contribution in [0, 0.1) is 24.6 Å². The van der Waals surface area contributed by atoms with Crippen LogP contribution >= 0.6 is 0 Å². The Kier molecular flexibility index (Phi) is 7.21. The lowest BCUT2D eigenvalue weighted by Gasteiger charge is -2.24. The third kappa shape index (κ3) is 5.56. The number of H-pyrrole nitrogens is 1. The lowest BCUT2D eigenvalue weighted by atomic mass is 9.87. The first kappa shape index (κ1) is 25.8. The number of halogens is 1. The van der Waals surface area contributed by atoms with E-state index in [1.165, 1.54) is 19.2 Å². The van der Waals surface area contributed by atoms with Crippen molar-refractivity contribution < 1.29 is 23.5 Å². The topological polar surface area (TPSA) is 165 Å². The van der Waals surface area contributed by atoms with Gasteiger partial charge >= 0.3 is 5.97 Å². The van der Waals surface area contributed by atoms with Crippen molar-refractivity contribution in [1.82, 2.24) is 41.2 Å². The molecule has 2 amide bonds. The Morgan fingerprint density at radius 2 is 1.90 bits per heavy atom. The van der Waals surface area contributed by atoms with Crippen LogP contribution < -0.4 is 10.6 Å². The number of methoxy groups -OCH3 is 1. The highest BCUT2D eigenvalue weighted by molar-refractivity contribution is 5.98. The van der Waals surface area contributed by atoms with E-state index in [1.807, 2.05) is 12.2 Å². The minimum atomic E-state index is -0.560. The zero-order valence-electron chi connectivity index (χ0n) is 21.1. The Hall–Kier alpha value is -4.81. The van der Waals surface area contributed by atoms with Gasteiger partial charge in [0.25, 0.3) is 11.8 Å². The molecule has 200 valence electrons. The second kappa shape index (κ2) is 10.9. The summed E-state index contributed by atoms with van der Waals surface area (Å²) in [6.45, 7) is 1.76. The average Bonchev–Trinajstić information content (AvgIpc) is 3.63. The van der Waals surface area contributed by atoms with Crippen molar-refractivity contribution in [3.05, 3.63) is 76.4 Å². The number of nitrogens with zero attached hydrogens (tertiary/aromatic N) is 5. The third-order valence-electron chi connectivity index (χ3n) is 6.81. The highest BCUT2D eigenvalue weighted by atomic mass is 19.1. The van der Waals surface area contributed by atoms with E-state index in [0.29, 0.717) is 23.1 Å². The van der Waals surface area contributed by atoms with Crippen LogP contribution in [-0.4, -0.2) is 61.5 Å². The van der Waals surface area contributed by atoms with Gasteiger partial charge in [-0.1, -0.05) is 30.4 Å². The number of hydrogen-bond donors (Lipinski definition) is 3. The molecule has 12 nitrogen and oxygen atoms in total. The van der Waals surface area contributed by atoms with Gasteiger partial charge in [0.1, 0.15) is 17.2 Å². The second-order valence-corrected chi connectivity index (χ2v) is 9.33. The minimum Gasteiger partial charge on any atom is -0.465 e. The van der Waals surface area contributed by atoms with Crippen LogP contribution in [0.2, 0.25) is 0 Å². The number of esters is 1. The molecule has 1 saturated carbocycles. The monoisotopic (exact) mass is 532 g/mol. The maximum absolute atomic E-state index is 13.6. The zero-order chi connectivity index (χ0) is 27.5. The number of rotatable bonds is 7. The van der Waals surface area contributed by atoms with Crippen LogP contribution in [0.4, 0.5) is 4.39 Å². The number of ether oxygens (including phenoxy) is 1. The summed E-state index contributed by atoms with van der Waals surface area (Å²) in [5.74, 6) is -1.72. The molecule has 0 radical (unpaired) electrons. The van der Waals surface area contributed by atoms with Crippen LogP contribution in [0.15, 0.2) is 48.1 Å². The maximum Gasteiger partial charge on any atom is 0.337 e. The number of allylic oxidation sites excluding steroid dienone is 1. The Bertz CT molecular complexity index is 1490. The first-order valence-electron chi connectivity index (χ1n) is 12.3. The number of tetrazole rings is 1. The number of amides is 2. The highest BCUT2D eigenvalue weighted by Crippen LogP contribution is 2.38. The predicted octanol–water partition coefficient (Wildman–Crippen LogP) is 1.83. The fourth-order valence-corrected chi connectivity index (χ4v) is 4.82. The molecule has 5 rings (SSSR count). The fourth-order valence-electron chi connectivity index (χ4n) is 4.82. The van der Waals surface area contributed by atoms with E-state index in [4.69, 9.17) is 4.74 Å². The molecule has 0 bridgehead atoms. The van der Waals surface area contributed by atoms with Crippen LogP contribution in [0.5, 0.6) is 0 Å². The standard InChI is InChI=1S/C26H25FN8O4/c1-13-9-14(3-7-18(13)27)12-28-24(36)20-11-21(30-22(29-20)23-32-34-35-33-23)25(37)31-19-8-5-15-10-16(26(38)39-2)4-6-17(15)19/h3-4,6-7,9-11,15,17,19H,5,8,12H2,1-2H3,(H,28,36)(H,31,37)(H,32,33,34,35)/t15?,17?,19-/m0/s1. The SMILES string of the molecule is COC(=O)C1=CC2CC[C@H](NC(=O)c3cc(C(=O)NCc4ccc(F)c(C)c4)nc(-c4nn[nH]n4)n3)C2C=C1. The van der Waals surface area contributed by atoms with Crippen molar-refractivity contribution in [3.63, 3.8) is 0 Å². The van der Waals surface area contributed by atoms with E-state index >= 15 is 0 Å². The molecule has 2 aliphatic rings. The van der Waals surface area contributed by atoms with Gasteiger partial charge in [0, 0.05) is 24.6 Å². The van der Waals surface area contributed by atoms with Crippen molar-refractivity contribution in [1.29, 1.82) is 0 Å². The summed E-state index contributed by atoms with van der Waals surface area (Å²) in [5.41, 5.74) is 1.55. The number of aromatic amines is 1. The molecule has 2 heterocycles. The normalized spacial score (nSPS) is 19.7. The van der Waals surface area contributed by atoms with Crippen molar-refractivity contribution in [2.24, 2.45) is 11.8 Å². The molecule has 13 heteroatoms. The van der Waals surface area contributed by atoms with Gasteiger partial charge in [-0.05, 0) is 48.1 Å². The van der Waals surface area contributed by atoms with Gasteiger partial charge in [-0.15, -0.1) is 10.2 Å². The lowest BCUT2D eigenvalue weighted by molar-refractivity contribution is -0.135. The molecule has 3 atom stereocenters. The molecule has 3 N–H and O–H groups in total. The number of nitrogens with one attached hydrogen (secondary N) is 3. The van der Waals surface area contributed by atoms with Gasteiger partial charge in [0.2, 0.25) is 11.6 Å². The first-order chi connectivity index (χ1) is 18.8. The molecule has 1 fully saturated rings. The molecule has 2 aromatic heterocycles. The smallest absolute Gasteiger partial charge is 0.337 e. The van der Waals surface area contributed by atoms with Gasteiger partial charge in [-0.2, -0.15) is 5.21 Å². The Morgan fingerprint density at radius 1 is 1.10 bits per heavy atom. The Labute approximate surface area is 222 Å².